The van der Waals surface area contributed by atoms with Gasteiger partial charge in [0.2, 0.25) is 0 Å². The standard InChI is InChI=1S/C22H33N3O2/c1-16-7-11-24(12-8-16)20-15-18(5-6-19(20)23)17-9-13-25(14-10-17)21(26)27-22(2,3)4/h5-6,9,15-16H,7-8,10-14,23H2,1-4H3. The highest BCUT2D eigenvalue weighted by molar-refractivity contribution is 5.78. The van der Waals surface area contributed by atoms with E-state index in [9.17, 15) is 4.79 Å². The number of anilines is 2. The number of rotatable bonds is 2. The van der Waals surface area contributed by atoms with Crippen LogP contribution in [0.1, 0.15) is 52.5 Å². The van der Waals surface area contributed by atoms with Crippen LogP contribution in [0.3, 0.4) is 0 Å². The zero-order chi connectivity index (χ0) is 19.6. The average molecular weight is 372 g/mol. The van der Waals surface area contributed by atoms with Crippen molar-refractivity contribution >= 4 is 23.0 Å². The van der Waals surface area contributed by atoms with Crippen molar-refractivity contribution in [2.75, 3.05) is 36.8 Å². The predicted octanol–water partition coefficient (Wildman–Crippen LogP) is 4.53. The molecule has 5 heteroatoms. The summed E-state index contributed by atoms with van der Waals surface area (Å²) in [6.07, 6.45) is 5.17. The first-order valence-corrected chi connectivity index (χ1v) is 10.0. The molecule has 0 saturated carbocycles. The van der Waals surface area contributed by atoms with E-state index in [-0.39, 0.29) is 6.09 Å². The lowest BCUT2D eigenvalue weighted by atomic mass is 9.96. The number of amides is 1. The number of benzene rings is 1. The molecule has 0 aromatic heterocycles. The number of hydrogen-bond donors (Lipinski definition) is 1. The number of hydrogen-bond acceptors (Lipinski definition) is 4. The summed E-state index contributed by atoms with van der Waals surface area (Å²) in [5.41, 5.74) is 10.3. The minimum atomic E-state index is -0.459. The van der Waals surface area contributed by atoms with Gasteiger partial charge in [0.05, 0.1) is 11.4 Å². The number of carbonyl (C=O) groups is 1. The zero-order valence-electron chi connectivity index (χ0n) is 17.1. The first kappa shape index (κ1) is 19.6. The van der Waals surface area contributed by atoms with Crippen LogP contribution in [0.2, 0.25) is 0 Å². The molecule has 5 nitrogen and oxygen atoms in total. The lowest BCUT2D eigenvalue weighted by Crippen LogP contribution is -2.39. The molecule has 2 heterocycles. The quantitative estimate of drug-likeness (QED) is 0.776. The van der Waals surface area contributed by atoms with Gasteiger partial charge in [-0.3, -0.25) is 0 Å². The molecule has 0 radical (unpaired) electrons. The van der Waals surface area contributed by atoms with Crippen LogP contribution in [0.25, 0.3) is 5.57 Å². The molecule has 0 bridgehead atoms. The van der Waals surface area contributed by atoms with Crippen LogP contribution >= 0.6 is 0 Å². The molecule has 148 valence electrons. The Labute approximate surface area is 163 Å². The molecule has 27 heavy (non-hydrogen) atoms. The molecule has 1 saturated heterocycles. The first-order valence-electron chi connectivity index (χ1n) is 10.0. The van der Waals surface area contributed by atoms with Crippen molar-refractivity contribution in [3.05, 3.63) is 29.8 Å². The Morgan fingerprint density at radius 3 is 2.48 bits per heavy atom. The fraction of sp³-hybridized carbons (Fsp3) is 0.591. The van der Waals surface area contributed by atoms with E-state index in [0.717, 1.165) is 36.8 Å². The second-order valence-corrected chi connectivity index (χ2v) is 8.85. The van der Waals surface area contributed by atoms with Crippen LogP contribution in [0.4, 0.5) is 16.2 Å². The van der Waals surface area contributed by atoms with Crippen LogP contribution < -0.4 is 10.6 Å². The molecule has 1 aromatic carbocycles. The second-order valence-electron chi connectivity index (χ2n) is 8.85. The van der Waals surface area contributed by atoms with Gasteiger partial charge < -0.3 is 20.3 Å². The Morgan fingerprint density at radius 1 is 1.19 bits per heavy atom. The maximum Gasteiger partial charge on any atom is 0.410 e. The summed E-state index contributed by atoms with van der Waals surface area (Å²) in [6, 6.07) is 6.34. The van der Waals surface area contributed by atoms with Gasteiger partial charge in [-0.05, 0) is 69.2 Å². The number of piperidine rings is 1. The third-order valence-electron chi connectivity index (χ3n) is 5.39. The third-order valence-corrected chi connectivity index (χ3v) is 5.39. The lowest BCUT2D eigenvalue weighted by Gasteiger charge is -2.33. The normalized spacial score (nSPS) is 19.0. The molecule has 2 aliphatic rings. The second kappa shape index (κ2) is 7.83. The topological polar surface area (TPSA) is 58.8 Å². The highest BCUT2D eigenvalue weighted by atomic mass is 16.6. The van der Waals surface area contributed by atoms with Crippen LogP contribution in [0, 0.1) is 5.92 Å². The van der Waals surface area contributed by atoms with Gasteiger partial charge in [0.1, 0.15) is 5.60 Å². The van der Waals surface area contributed by atoms with Gasteiger partial charge in [-0.2, -0.15) is 0 Å². The molecule has 0 unspecified atom stereocenters. The Hall–Kier alpha value is -2.17. The molecule has 0 atom stereocenters. The molecule has 2 aliphatic heterocycles. The van der Waals surface area contributed by atoms with Gasteiger partial charge in [0.15, 0.2) is 0 Å². The van der Waals surface area contributed by atoms with Gasteiger partial charge in [-0.25, -0.2) is 4.79 Å². The monoisotopic (exact) mass is 371 g/mol. The van der Waals surface area contributed by atoms with Crippen molar-refractivity contribution in [2.24, 2.45) is 5.92 Å². The van der Waals surface area contributed by atoms with E-state index in [4.69, 9.17) is 10.5 Å². The van der Waals surface area contributed by atoms with Gasteiger partial charge in [0.25, 0.3) is 0 Å². The molecular formula is C22H33N3O2. The van der Waals surface area contributed by atoms with Crippen molar-refractivity contribution < 1.29 is 9.53 Å². The number of nitrogen functional groups attached to an aromatic ring is 1. The van der Waals surface area contributed by atoms with E-state index in [1.807, 2.05) is 26.8 Å². The van der Waals surface area contributed by atoms with E-state index in [1.165, 1.54) is 24.0 Å². The van der Waals surface area contributed by atoms with Gasteiger partial charge in [-0.15, -0.1) is 0 Å². The highest BCUT2D eigenvalue weighted by Crippen LogP contribution is 2.32. The summed E-state index contributed by atoms with van der Waals surface area (Å²) in [6.45, 7) is 11.4. The third kappa shape index (κ3) is 4.96. The molecular weight excluding hydrogens is 338 g/mol. The van der Waals surface area contributed by atoms with E-state index >= 15 is 0 Å². The highest BCUT2D eigenvalue weighted by Gasteiger charge is 2.24. The predicted molar refractivity (Wildman–Crippen MR) is 112 cm³/mol. The fourth-order valence-electron chi connectivity index (χ4n) is 3.69. The molecule has 1 amide bonds. The Balaban J connectivity index is 1.70. The minimum Gasteiger partial charge on any atom is -0.444 e. The Bertz CT molecular complexity index is 713. The summed E-state index contributed by atoms with van der Waals surface area (Å²) < 4.78 is 5.48. The fourth-order valence-corrected chi connectivity index (χ4v) is 3.69. The summed E-state index contributed by atoms with van der Waals surface area (Å²) in [5.74, 6) is 0.797. The summed E-state index contributed by atoms with van der Waals surface area (Å²) in [7, 11) is 0. The molecule has 0 spiro atoms. The number of nitrogens with zero attached hydrogens (tertiary/aromatic N) is 2. The van der Waals surface area contributed by atoms with Gasteiger partial charge in [-0.1, -0.05) is 19.1 Å². The average Bonchev–Trinajstić information content (AvgIpc) is 2.62. The first-order chi connectivity index (χ1) is 12.7. The Kier molecular flexibility index (Phi) is 5.68. The smallest absolute Gasteiger partial charge is 0.410 e. The SMILES string of the molecule is CC1CCN(c2cc(C3=CCN(C(=O)OC(C)(C)C)CC3)ccc2N)CC1. The number of ether oxygens (including phenoxy) is 1. The molecule has 1 fully saturated rings. The van der Waals surface area contributed by atoms with Crippen LogP contribution in [-0.2, 0) is 4.74 Å². The summed E-state index contributed by atoms with van der Waals surface area (Å²) >= 11 is 0. The van der Waals surface area contributed by atoms with Crippen molar-refractivity contribution in [1.82, 2.24) is 4.90 Å². The van der Waals surface area contributed by atoms with Gasteiger partial charge in [0, 0.05) is 26.2 Å². The van der Waals surface area contributed by atoms with Crippen molar-refractivity contribution in [1.29, 1.82) is 0 Å². The number of carbonyl (C=O) groups excluding carboxylic acids is 1. The van der Waals surface area contributed by atoms with E-state index in [0.29, 0.717) is 13.1 Å². The molecule has 0 aliphatic carbocycles. The van der Waals surface area contributed by atoms with Crippen molar-refractivity contribution in [3.8, 4) is 0 Å². The van der Waals surface area contributed by atoms with Crippen LogP contribution in [0.5, 0.6) is 0 Å². The molecule has 3 rings (SSSR count). The van der Waals surface area contributed by atoms with E-state index in [2.05, 4.69) is 30.0 Å². The molecule has 2 N–H and O–H groups in total. The van der Waals surface area contributed by atoms with Crippen LogP contribution in [-0.4, -0.2) is 42.8 Å². The van der Waals surface area contributed by atoms with E-state index < -0.39 is 5.60 Å². The lowest BCUT2D eigenvalue weighted by molar-refractivity contribution is 0.0270. The summed E-state index contributed by atoms with van der Waals surface area (Å²) in [5, 5.41) is 0. The maximum absolute atomic E-state index is 12.2. The zero-order valence-corrected chi connectivity index (χ0v) is 17.1. The molecule has 1 aromatic rings. The summed E-state index contributed by atoms with van der Waals surface area (Å²) in [4.78, 5) is 16.4. The maximum atomic E-state index is 12.2. The van der Waals surface area contributed by atoms with Crippen molar-refractivity contribution in [2.45, 2.75) is 52.6 Å². The Morgan fingerprint density at radius 2 is 1.89 bits per heavy atom. The van der Waals surface area contributed by atoms with Crippen LogP contribution in [0.15, 0.2) is 24.3 Å². The minimum absolute atomic E-state index is 0.238. The van der Waals surface area contributed by atoms with Crippen molar-refractivity contribution in [3.63, 3.8) is 0 Å². The van der Waals surface area contributed by atoms with E-state index in [1.54, 1.807) is 4.90 Å². The number of nitrogens with two attached hydrogens (primary N) is 1. The van der Waals surface area contributed by atoms with Gasteiger partial charge >= 0.3 is 6.09 Å². The largest absolute Gasteiger partial charge is 0.444 e.